The standard InChI is InChI=1S/C33H22O6/c34-17-12-25(36)32(26(37)13-17)31(33-27(38)14-18(35)15-28(33)39)24-11-10-23-20-7-2-5-16-4-1-6-19(29(16)20)21-8-3-9-22(24)30(21)23/h1-15,31,34-39H. The first-order chi connectivity index (χ1) is 18.8. The largest absolute Gasteiger partial charge is 0.508 e. The predicted molar refractivity (Wildman–Crippen MR) is 151 cm³/mol. The lowest BCUT2D eigenvalue weighted by molar-refractivity contribution is 0.408. The number of hydrogen-bond donors (Lipinski definition) is 6. The molecule has 0 aliphatic carbocycles. The molecule has 0 saturated heterocycles. The van der Waals surface area contributed by atoms with Gasteiger partial charge in [-0.05, 0) is 48.7 Å². The van der Waals surface area contributed by atoms with E-state index in [1.807, 2.05) is 36.4 Å². The predicted octanol–water partition coefficient (Wildman–Crippen LogP) is 7.15. The van der Waals surface area contributed by atoms with Crippen molar-refractivity contribution in [3.63, 3.8) is 0 Å². The van der Waals surface area contributed by atoms with Crippen LogP contribution in [-0.2, 0) is 0 Å². The van der Waals surface area contributed by atoms with E-state index in [4.69, 9.17) is 0 Å². The number of phenolic OH excluding ortho intramolecular Hbond substituents is 6. The molecule has 0 fully saturated rings. The zero-order valence-electron chi connectivity index (χ0n) is 20.4. The lowest BCUT2D eigenvalue weighted by Gasteiger charge is -2.25. The van der Waals surface area contributed by atoms with Gasteiger partial charge in [-0.1, -0.05) is 66.7 Å². The minimum absolute atomic E-state index is 0.0110. The second-order valence-corrected chi connectivity index (χ2v) is 9.87. The summed E-state index contributed by atoms with van der Waals surface area (Å²) in [6, 6.07) is 26.5. The Hall–Kier alpha value is -5.36. The van der Waals surface area contributed by atoms with Crippen molar-refractivity contribution in [2.45, 2.75) is 5.92 Å². The molecule has 0 amide bonds. The fraction of sp³-hybridized carbons (Fsp3) is 0.0303. The summed E-state index contributed by atoms with van der Waals surface area (Å²) in [6.07, 6.45) is 0. The van der Waals surface area contributed by atoms with E-state index in [9.17, 15) is 30.6 Å². The summed E-state index contributed by atoms with van der Waals surface area (Å²) in [6.45, 7) is 0. The van der Waals surface area contributed by atoms with Crippen molar-refractivity contribution >= 4 is 43.1 Å². The first kappa shape index (κ1) is 22.8. The molecule has 0 atom stereocenters. The molecular formula is C33H22O6. The number of benzene rings is 7. The lowest BCUT2D eigenvalue weighted by Crippen LogP contribution is -2.06. The molecule has 6 heteroatoms. The van der Waals surface area contributed by atoms with Gasteiger partial charge in [0.1, 0.15) is 34.5 Å². The van der Waals surface area contributed by atoms with E-state index >= 15 is 0 Å². The summed E-state index contributed by atoms with van der Waals surface area (Å²) in [5.41, 5.74) is 0.570. The minimum atomic E-state index is -1.07. The van der Waals surface area contributed by atoms with Gasteiger partial charge in [0.05, 0.1) is 0 Å². The van der Waals surface area contributed by atoms with E-state index in [0.29, 0.717) is 5.56 Å². The Labute approximate surface area is 221 Å². The molecule has 7 aromatic rings. The second-order valence-electron chi connectivity index (χ2n) is 9.87. The smallest absolute Gasteiger partial charge is 0.127 e. The molecule has 0 radical (unpaired) electrons. The summed E-state index contributed by atoms with van der Waals surface area (Å²) in [4.78, 5) is 0. The first-order valence-corrected chi connectivity index (χ1v) is 12.4. The topological polar surface area (TPSA) is 121 Å². The van der Waals surface area contributed by atoms with E-state index in [0.717, 1.165) is 67.4 Å². The quantitative estimate of drug-likeness (QED) is 0.0846. The van der Waals surface area contributed by atoms with Crippen molar-refractivity contribution in [2.24, 2.45) is 0 Å². The summed E-state index contributed by atoms with van der Waals surface area (Å²) in [5.74, 6) is -3.41. The number of rotatable bonds is 3. The van der Waals surface area contributed by atoms with Crippen LogP contribution in [0.25, 0.3) is 43.1 Å². The fourth-order valence-electron chi connectivity index (χ4n) is 6.18. The van der Waals surface area contributed by atoms with Gasteiger partial charge in [-0.3, -0.25) is 0 Å². The van der Waals surface area contributed by atoms with Crippen LogP contribution in [0.2, 0.25) is 0 Å². The molecular weight excluding hydrogens is 492 g/mol. The zero-order valence-corrected chi connectivity index (χ0v) is 20.4. The Kier molecular flexibility index (Phi) is 4.72. The highest BCUT2D eigenvalue weighted by Crippen LogP contribution is 2.52. The lowest BCUT2D eigenvalue weighted by atomic mass is 9.79. The van der Waals surface area contributed by atoms with Crippen molar-refractivity contribution in [3.05, 3.63) is 108 Å². The van der Waals surface area contributed by atoms with Crippen LogP contribution in [0.4, 0.5) is 0 Å². The van der Waals surface area contributed by atoms with Crippen LogP contribution in [0.5, 0.6) is 34.5 Å². The SMILES string of the molecule is Oc1cc(O)c(C(c2c(O)cc(O)cc2O)c2ccc3c4cccc5cccc(c6cccc2c63)c54)c(O)c1. The van der Waals surface area contributed by atoms with Crippen molar-refractivity contribution < 1.29 is 30.6 Å². The van der Waals surface area contributed by atoms with Crippen LogP contribution >= 0.6 is 0 Å². The van der Waals surface area contributed by atoms with Crippen molar-refractivity contribution in [1.29, 1.82) is 0 Å². The summed E-state index contributed by atoms with van der Waals surface area (Å²) in [5, 5.41) is 72.0. The third-order valence-electron chi connectivity index (χ3n) is 7.69. The number of aromatic hydroxyl groups is 6. The average molecular weight is 515 g/mol. The van der Waals surface area contributed by atoms with Crippen LogP contribution in [0.3, 0.4) is 0 Å². The molecule has 0 unspecified atom stereocenters. The zero-order chi connectivity index (χ0) is 27.0. The Morgan fingerprint density at radius 3 is 1.33 bits per heavy atom. The summed E-state index contributed by atoms with van der Waals surface area (Å²) in [7, 11) is 0. The molecule has 0 aliphatic rings. The normalized spacial score (nSPS) is 11.9. The summed E-state index contributed by atoms with van der Waals surface area (Å²) >= 11 is 0. The second kappa shape index (κ2) is 8.07. The van der Waals surface area contributed by atoms with E-state index in [1.165, 1.54) is 0 Å². The molecule has 0 saturated carbocycles. The van der Waals surface area contributed by atoms with Gasteiger partial charge in [-0.15, -0.1) is 0 Å². The van der Waals surface area contributed by atoms with Crippen LogP contribution in [0, 0.1) is 0 Å². The Balaban J connectivity index is 1.66. The van der Waals surface area contributed by atoms with E-state index in [2.05, 4.69) is 30.3 Å². The molecule has 6 nitrogen and oxygen atoms in total. The fourth-order valence-corrected chi connectivity index (χ4v) is 6.18. The van der Waals surface area contributed by atoms with E-state index in [-0.39, 0.29) is 22.6 Å². The maximum Gasteiger partial charge on any atom is 0.127 e. The van der Waals surface area contributed by atoms with Crippen molar-refractivity contribution in [3.8, 4) is 34.5 Å². The monoisotopic (exact) mass is 514 g/mol. The minimum Gasteiger partial charge on any atom is -0.508 e. The Morgan fingerprint density at radius 1 is 0.410 bits per heavy atom. The van der Waals surface area contributed by atoms with E-state index in [1.54, 1.807) is 0 Å². The van der Waals surface area contributed by atoms with E-state index < -0.39 is 28.9 Å². The maximum atomic E-state index is 10.9. The van der Waals surface area contributed by atoms with Gasteiger partial charge in [-0.2, -0.15) is 0 Å². The Bertz CT molecular complexity index is 1940. The molecule has 7 aromatic carbocycles. The highest BCUT2D eigenvalue weighted by Gasteiger charge is 2.31. The molecule has 0 aliphatic heterocycles. The highest BCUT2D eigenvalue weighted by atomic mass is 16.3. The van der Waals surface area contributed by atoms with Crippen molar-refractivity contribution in [2.75, 3.05) is 0 Å². The average Bonchev–Trinajstić information content (AvgIpc) is 2.89. The van der Waals surface area contributed by atoms with Gasteiger partial charge in [0.25, 0.3) is 0 Å². The highest BCUT2D eigenvalue weighted by molar-refractivity contribution is 6.33. The summed E-state index contributed by atoms with van der Waals surface area (Å²) < 4.78 is 0. The molecule has 0 heterocycles. The molecule has 190 valence electrons. The van der Waals surface area contributed by atoms with Crippen LogP contribution in [0.1, 0.15) is 22.6 Å². The number of phenols is 6. The number of hydrogen-bond acceptors (Lipinski definition) is 6. The Morgan fingerprint density at radius 2 is 0.821 bits per heavy atom. The maximum absolute atomic E-state index is 10.9. The van der Waals surface area contributed by atoms with Crippen LogP contribution in [0.15, 0.2) is 91.0 Å². The van der Waals surface area contributed by atoms with Gasteiger partial charge >= 0.3 is 0 Å². The molecule has 39 heavy (non-hydrogen) atoms. The molecule has 6 N–H and O–H groups in total. The molecule has 0 aromatic heterocycles. The van der Waals surface area contributed by atoms with Gasteiger partial charge in [-0.25, -0.2) is 0 Å². The molecule has 7 rings (SSSR count). The third kappa shape index (κ3) is 3.21. The van der Waals surface area contributed by atoms with Gasteiger partial charge in [0.2, 0.25) is 0 Å². The van der Waals surface area contributed by atoms with Gasteiger partial charge in [0, 0.05) is 41.3 Å². The van der Waals surface area contributed by atoms with Crippen molar-refractivity contribution in [1.82, 2.24) is 0 Å². The van der Waals surface area contributed by atoms with Crippen LogP contribution < -0.4 is 0 Å². The molecule has 0 bridgehead atoms. The number of fused-ring (bicyclic) bond motifs is 2. The van der Waals surface area contributed by atoms with Crippen LogP contribution in [-0.4, -0.2) is 30.6 Å². The molecule has 0 spiro atoms. The van der Waals surface area contributed by atoms with Gasteiger partial charge < -0.3 is 30.6 Å². The third-order valence-corrected chi connectivity index (χ3v) is 7.69. The first-order valence-electron chi connectivity index (χ1n) is 12.4. The van der Waals surface area contributed by atoms with Gasteiger partial charge in [0.15, 0.2) is 0 Å².